The smallest absolute Gasteiger partial charge is 0.264 e. The summed E-state index contributed by atoms with van der Waals surface area (Å²) in [6, 6.07) is 11.8. The average Bonchev–Trinajstić information content (AvgIpc) is 3.14. The monoisotopic (exact) mass is 405 g/mol. The summed E-state index contributed by atoms with van der Waals surface area (Å²) in [6.45, 7) is 4.06. The van der Waals surface area contributed by atoms with Gasteiger partial charge in [-0.25, -0.2) is 14.1 Å². The van der Waals surface area contributed by atoms with E-state index in [-0.39, 0.29) is 30.4 Å². The number of hydrogen-bond acceptors (Lipinski definition) is 4. The number of carbonyl (C=O) groups excluding carboxylic acids is 1. The summed E-state index contributed by atoms with van der Waals surface area (Å²) in [5.41, 5.74) is 3.86. The van der Waals surface area contributed by atoms with Gasteiger partial charge < -0.3 is 5.32 Å². The lowest BCUT2D eigenvalue weighted by molar-refractivity contribution is -0.121. The second-order valence-electron chi connectivity index (χ2n) is 7.16. The van der Waals surface area contributed by atoms with Gasteiger partial charge in [-0.2, -0.15) is 5.10 Å². The van der Waals surface area contributed by atoms with Crippen LogP contribution in [0.4, 0.5) is 4.39 Å². The molecular weight excluding hydrogens is 385 g/mol. The summed E-state index contributed by atoms with van der Waals surface area (Å²) < 4.78 is 15.8. The molecule has 0 bridgehead atoms. The van der Waals surface area contributed by atoms with E-state index in [2.05, 4.69) is 15.4 Å². The van der Waals surface area contributed by atoms with Crippen molar-refractivity contribution in [2.75, 3.05) is 0 Å². The van der Waals surface area contributed by atoms with Gasteiger partial charge in [0.05, 0.1) is 11.9 Å². The third-order valence-electron chi connectivity index (χ3n) is 4.85. The maximum absolute atomic E-state index is 13.0. The minimum atomic E-state index is -0.343. The summed E-state index contributed by atoms with van der Waals surface area (Å²) in [4.78, 5) is 29.4. The molecule has 0 unspecified atom stereocenters. The molecule has 4 rings (SSSR count). The van der Waals surface area contributed by atoms with E-state index >= 15 is 0 Å². The van der Waals surface area contributed by atoms with E-state index in [0.29, 0.717) is 11.0 Å². The van der Waals surface area contributed by atoms with Crippen molar-refractivity contribution in [1.29, 1.82) is 0 Å². The average molecular weight is 405 g/mol. The van der Waals surface area contributed by atoms with E-state index in [1.165, 1.54) is 29.2 Å². The molecule has 7 nitrogen and oxygen atoms in total. The fraction of sp³-hybridized carbons (Fsp3) is 0.182. The molecule has 2 aromatic carbocycles. The number of fused-ring (bicyclic) bond motifs is 1. The Morgan fingerprint density at radius 1 is 1.13 bits per heavy atom. The Labute approximate surface area is 171 Å². The maximum Gasteiger partial charge on any atom is 0.264 e. The predicted octanol–water partition coefficient (Wildman–Crippen LogP) is 2.65. The first-order valence-electron chi connectivity index (χ1n) is 9.44. The van der Waals surface area contributed by atoms with Crippen LogP contribution in [-0.2, 0) is 17.9 Å². The van der Waals surface area contributed by atoms with Crippen LogP contribution in [-0.4, -0.2) is 25.2 Å². The SMILES string of the molecule is Cc1ccc(-n2ncc3c(=O)n(CC(=O)NCc4ccc(F)cc4)cnc32)c(C)c1. The molecule has 1 N–H and O–H groups in total. The van der Waals surface area contributed by atoms with E-state index in [1.54, 1.807) is 16.8 Å². The van der Waals surface area contributed by atoms with Crippen LogP contribution in [0.3, 0.4) is 0 Å². The van der Waals surface area contributed by atoms with Crippen molar-refractivity contribution >= 4 is 16.9 Å². The van der Waals surface area contributed by atoms with Crippen molar-refractivity contribution < 1.29 is 9.18 Å². The highest BCUT2D eigenvalue weighted by molar-refractivity contribution is 5.78. The lowest BCUT2D eigenvalue weighted by Crippen LogP contribution is -2.32. The van der Waals surface area contributed by atoms with Gasteiger partial charge in [-0.1, -0.05) is 29.8 Å². The van der Waals surface area contributed by atoms with Crippen LogP contribution < -0.4 is 10.9 Å². The van der Waals surface area contributed by atoms with E-state index in [9.17, 15) is 14.0 Å². The molecule has 0 saturated carbocycles. The number of carbonyl (C=O) groups is 1. The second kappa shape index (κ2) is 7.90. The molecule has 8 heteroatoms. The van der Waals surface area contributed by atoms with Crippen LogP contribution in [0.15, 0.2) is 59.8 Å². The minimum Gasteiger partial charge on any atom is -0.350 e. The summed E-state index contributed by atoms with van der Waals surface area (Å²) in [5, 5.41) is 7.38. The van der Waals surface area contributed by atoms with Crippen LogP contribution in [0.5, 0.6) is 0 Å². The highest BCUT2D eigenvalue weighted by atomic mass is 19.1. The standard InChI is InChI=1S/C22H20FN5O2/c1-14-3-8-19(15(2)9-14)28-21-18(11-26-28)22(30)27(13-25-21)12-20(29)24-10-16-4-6-17(23)7-5-16/h3-9,11,13H,10,12H2,1-2H3,(H,24,29). The number of aromatic nitrogens is 4. The van der Waals surface area contributed by atoms with Gasteiger partial charge in [0.15, 0.2) is 5.65 Å². The maximum atomic E-state index is 13.0. The first-order chi connectivity index (χ1) is 14.4. The zero-order chi connectivity index (χ0) is 21.3. The highest BCUT2D eigenvalue weighted by Gasteiger charge is 2.14. The van der Waals surface area contributed by atoms with Crippen LogP contribution in [0.25, 0.3) is 16.7 Å². The normalized spacial score (nSPS) is 11.0. The van der Waals surface area contributed by atoms with E-state index in [1.807, 2.05) is 32.0 Å². The molecule has 0 aliphatic carbocycles. The van der Waals surface area contributed by atoms with E-state index < -0.39 is 0 Å². The number of nitrogens with zero attached hydrogens (tertiary/aromatic N) is 4. The zero-order valence-corrected chi connectivity index (χ0v) is 16.6. The molecule has 0 radical (unpaired) electrons. The third-order valence-corrected chi connectivity index (χ3v) is 4.85. The quantitative estimate of drug-likeness (QED) is 0.554. The highest BCUT2D eigenvalue weighted by Crippen LogP contribution is 2.18. The van der Waals surface area contributed by atoms with Crippen molar-refractivity contribution in [3.63, 3.8) is 0 Å². The number of aryl methyl sites for hydroxylation is 2. The van der Waals surface area contributed by atoms with Crippen LogP contribution in [0.2, 0.25) is 0 Å². The molecule has 0 spiro atoms. The topological polar surface area (TPSA) is 81.8 Å². The number of halogens is 1. The molecule has 0 saturated heterocycles. The number of nitrogens with one attached hydrogen (secondary N) is 1. The largest absolute Gasteiger partial charge is 0.350 e. The van der Waals surface area contributed by atoms with E-state index in [0.717, 1.165) is 22.4 Å². The Bertz CT molecular complexity index is 1290. The van der Waals surface area contributed by atoms with Crippen LogP contribution >= 0.6 is 0 Å². The molecule has 0 atom stereocenters. The van der Waals surface area contributed by atoms with Gasteiger partial charge in [-0.3, -0.25) is 14.2 Å². The summed E-state index contributed by atoms with van der Waals surface area (Å²) in [6.07, 6.45) is 2.82. The number of benzene rings is 2. The second-order valence-corrected chi connectivity index (χ2v) is 7.16. The summed E-state index contributed by atoms with van der Waals surface area (Å²) in [5.74, 6) is -0.679. The Kier molecular flexibility index (Phi) is 5.14. The van der Waals surface area contributed by atoms with Gasteiger partial charge in [-0.05, 0) is 43.2 Å². The fourth-order valence-electron chi connectivity index (χ4n) is 3.29. The predicted molar refractivity (Wildman–Crippen MR) is 111 cm³/mol. The number of amides is 1. The van der Waals surface area contributed by atoms with Gasteiger partial charge in [0.1, 0.15) is 24.1 Å². The number of hydrogen-bond donors (Lipinski definition) is 1. The number of rotatable bonds is 5. The molecule has 0 aliphatic rings. The molecule has 0 aliphatic heterocycles. The first-order valence-corrected chi connectivity index (χ1v) is 9.44. The van der Waals surface area contributed by atoms with Crippen molar-refractivity contribution in [3.05, 3.63) is 87.9 Å². The Hall–Kier alpha value is -3.81. The van der Waals surface area contributed by atoms with Crippen LogP contribution in [0.1, 0.15) is 16.7 Å². The Balaban J connectivity index is 1.54. The minimum absolute atomic E-state index is 0.169. The summed E-state index contributed by atoms with van der Waals surface area (Å²) >= 11 is 0. The molecule has 2 heterocycles. The molecular formula is C22H20FN5O2. The van der Waals surface area contributed by atoms with Gasteiger partial charge >= 0.3 is 0 Å². The summed E-state index contributed by atoms with van der Waals surface area (Å²) in [7, 11) is 0. The van der Waals surface area contributed by atoms with Crippen molar-refractivity contribution in [2.45, 2.75) is 26.9 Å². The van der Waals surface area contributed by atoms with Crippen molar-refractivity contribution in [3.8, 4) is 5.69 Å². The molecule has 0 fully saturated rings. The lowest BCUT2D eigenvalue weighted by Gasteiger charge is -2.09. The molecule has 1 amide bonds. The zero-order valence-electron chi connectivity index (χ0n) is 16.6. The molecule has 152 valence electrons. The van der Waals surface area contributed by atoms with Crippen LogP contribution in [0, 0.1) is 19.7 Å². The fourth-order valence-corrected chi connectivity index (χ4v) is 3.29. The van der Waals surface area contributed by atoms with Gasteiger partial charge in [-0.15, -0.1) is 0 Å². The molecule has 30 heavy (non-hydrogen) atoms. The van der Waals surface area contributed by atoms with Crippen molar-refractivity contribution in [1.82, 2.24) is 24.6 Å². The molecule has 4 aromatic rings. The lowest BCUT2D eigenvalue weighted by atomic mass is 10.1. The first kappa shape index (κ1) is 19.5. The molecule has 2 aromatic heterocycles. The Morgan fingerprint density at radius 2 is 1.90 bits per heavy atom. The van der Waals surface area contributed by atoms with Gasteiger partial charge in [0.25, 0.3) is 5.56 Å². The Morgan fingerprint density at radius 3 is 2.63 bits per heavy atom. The van der Waals surface area contributed by atoms with Gasteiger partial charge in [0.2, 0.25) is 5.91 Å². The van der Waals surface area contributed by atoms with Gasteiger partial charge in [0, 0.05) is 6.54 Å². The third kappa shape index (κ3) is 3.84. The van der Waals surface area contributed by atoms with Crippen molar-refractivity contribution in [2.24, 2.45) is 0 Å². The van der Waals surface area contributed by atoms with E-state index in [4.69, 9.17) is 0 Å².